The summed E-state index contributed by atoms with van der Waals surface area (Å²) in [6.45, 7) is 0. The molecule has 84 valence electrons. The highest BCUT2D eigenvalue weighted by atomic mass is 16.2. The quantitative estimate of drug-likeness (QED) is 0.774. The van der Waals surface area contributed by atoms with Crippen molar-refractivity contribution in [1.82, 2.24) is 20.8 Å². The van der Waals surface area contributed by atoms with Gasteiger partial charge in [0.05, 0.1) is 17.6 Å². The number of hydrogen-bond acceptors (Lipinski definition) is 5. The lowest BCUT2D eigenvalue weighted by molar-refractivity contribution is -0.122. The molecule has 0 saturated heterocycles. The Morgan fingerprint density at radius 2 is 2.29 bits per heavy atom. The first-order chi connectivity index (χ1) is 8.34. The third-order valence-electron chi connectivity index (χ3n) is 2.78. The number of benzene rings is 1. The van der Waals surface area contributed by atoms with E-state index in [0.29, 0.717) is 6.42 Å². The van der Waals surface area contributed by atoms with Crippen molar-refractivity contribution in [3.63, 3.8) is 0 Å². The van der Waals surface area contributed by atoms with Crippen LogP contribution in [0.4, 0.5) is 0 Å². The third-order valence-corrected chi connectivity index (χ3v) is 2.78. The van der Waals surface area contributed by atoms with Gasteiger partial charge in [0.25, 0.3) is 0 Å². The highest BCUT2D eigenvalue weighted by Gasteiger charge is 2.22. The summed E-state index contributed by atoms with van der Waals surface area (Å²) >= 11 is 0. The second kappa shape index (κ2) is 3.89. The smallest absolute Gasteiger partial charge is 0.247 e. The average Bonchev–Trinajstić information content (AvgIpc) is 2.39. The molecule has 0 bridgehead atoms. The van der Waals surface area contributed by atoms with Gasteiger partial charge in [0.2, 0.25) is 5.91 Å². The minimum Gasteiger partial charge on any atom is -0.272 e. The number of hydrazone groups is 1. The Morgan fingerprint density at radius 1 is 1.35 bits per heavy atom. The molecular weight excluding hydrogens is 218 g/mol. The molecule has 2 heterocycles. The topological polar surface area (TPSA) is 80.1 Å². The molecule has 1 aliphatic heterocycles. The number of rotatable bonds is 1. The normalized spacial score (nSPS) is 19.3. The molecule has 0 saturated carbocycles. The molecular formula is C11H9N5O. The molecule has 6 heteroatoms. The second-order valence-corrected chi connectivity index (χ2v) is 3.83. The van der Waals surface area contributed by atoms with E-state index in [9.17, 15) is 4.79 Å². The van der Waals surface area contributed by atoms with Crippen LogP contribution in [0.5, 0.6) is 0 Å². The van der Waals surface area contributed by atoms with Crippen molar-refractivity contribution < 1.29 is 4.79 Å². The number of carbonyl (C=O) groups is 1. The lowest BCUT2D eigenvalue weighted by Crippen LogP contribution is -2.29. The van der Waals surface area contributed by atoms with Crippen LogP contribution in [0.25, 0.3) is 10.9 Å². The van der Waals surface area contributed by atoms with Gasteiger partial charge in [-0.25, -0.2) is 5.43 Å². The fourth-order valence-corrected chi connectivity index (χ4v) is 1.89. The van der Waals surface area contributed by atoms with Crippen LogP contribution in [0, 0.1) is 0 Å². The fraction of sp³-hybridized carbons (Fsp3) is 0.182. The molecule has 1 aromatic carbocycles. The SMILES string of the molecule is O=C1NN=CCC1c1ccc2nnncc2c1. The van der Waals surface area contributed by atoms with Crippen LogP contribution < -0.4 is 5.43 Å². The zero-order valence-corrected chi connectivity index (χ0v) is 8.87. The zero-order chi connectivity index (χ0) is 11.7. The van der Waals surface area contributed by atoms with Gasteiger partial charge in [-0.05, 0) is 22.9 Å². The maximum absolute atomic E-state index is 11.7. The number of hydrogen-bond donors (Lipinski definition) is 1. The maximum atomic E-state index is 11.7. The Balaban J connectivity index is 2.05. The molecule has 1 N–H and O–H groups in total. The van der Waals surface area contributed by atoms with Crippen LogP contribution in [0.3, 0.4) is 0 Å². The second-order valence-electron chi connectivity index (χ2n) is 3.83. The predicted molar refractivity (Wildman–Crippen MR) is 61.3 cm³/mol. The van der Waals surface area contributed by atoms with E-state index in [1.807, 2.05) is 18.2 Å². The number of nitrogens with one attached hydrogen (secondary N) is 1. The Kier molecular flexibility index (Phi) is 2.25. The van der Waals surface area contributed by atoms with Crippen molar-refractivity contribution in [2.75, 3.05) is 0 Å². The molecule has 2 aromatic rings. The Labute approximate surface area is 96.7 Å². The van der Waals surface area contributed by atoms with E-state index < -0.39 is 0 Å². The molecule has 1 aromatic heterocycles. The molecule has 0 fully saturated rings. The van der Waals surface area contributed by atoms with Gasteiger partial charge in [0.15, 0.2) is 0 Å². The number of nitrogens with zero attached hydrogens (tertiary/aromatic N) is 4. The van der Waals surface area contributed by atoms with Gasteiger partial charge >= 0.3 is 0 Å². The van der Waals surface area contributed by atoms with E-state index in [1.54, 1.807) is 12.4 Å². The molecule has 1 amide bonds. The molecule has 6 nitrogen and oxygen atoms in total. The summed E-state index contributed by atoms with van der Waals surface area (Å²) in [7, 11) is 0. The minimum absolute atomic E-state index is 0.0816. The number of fused-ring (bicyclic) bond motifs is 1. The van der Waals surface area contributed by atoms with Crippen molar-refractivity contribution in [3.05, 3.63) is 30.0 Å². The van der Waals surface area contributed by atoms with Gasteiger partial charge in [-0.1, -0.05) is 6.07 Å². The van der Waals surface area contributed by atoms with Crippen molar-refractivity contribution in [2.24, 2.45) is 5.10 Å². The Bertz CT molecular complexity index is 610. The van der Waals surface area contributed by atoms with Crippen LogP contribution in [0.2, 0.25) is 0 Å². The van der Waals surface area contributed by atoms with Gasteiger partial charge < -0.3 is 0 Å². The molecule has 3 rings (SSSR count). The summed E-state index contributed by atoms with van der Waals surface area (Å²) < 4.78 is 0. The molecule has 1 unspecified atom stereocenters. The van der Waals surface area contributed by atoms with E-state index >= 15 is 0 Å². The third kappa shape index (κ3) is 1.73. The monoisotopic (exact) mass is 227 g/mol. The highest BCUT2D eigenvalue weighted by Crippen LogP contribution is 2.23. The van der Waals surface area contributed by atoms with Gasteiger partial charge in [-0.15, -0.1) is 10.2 Å². The van der Waals surface area contributed by atoms with E-state index in [2.05, 4.69) is 25.9 Å². The van der Waals surface area contributed by atoms with Gasteiger partial charge in [-0.2, -0.15) is 5.10 Å². The molecule has 1 atom stereocenters. The van der Waals surface area contributed by atoms with Gasteiger partial charge in [-0.3, -0.25) is 4.79 Å². The van der Waals surface area contributed by atoms with E-state index in [1.165, 1.54) is 0 Å². The first-order valence-electron chi connectivity index (χ1n) is 5.24. The number of amides is 1. The van der Waals surface area contributed by atoms with Crippen molar-refractivity contribution in [2.45, 2.75) is 12.3 Å². The van der Waals surface area contributed by atoms with Crippen molar-refractivity contribution in [1.29, 1.82) is 0 Å². The maximum Gasteiger partial charge on any atom is 0.247 e. The lowest BCUT2D eigenvalue weighted by atomic mass is 9.94. The molecule has 0 aliphatic carbocycles. The van der Waals surface area contributed by atoms with E-state index in [-0.39, 0.29) is 11.8 Å². The largest absolute Gasteiger partial charge is 0.272 e. The summed E-state index contributed by atoms with van der Waals surface area (Å²) in [4.78, 5) is 11.7. The van der Waals surface area contributed by atoms with E-state index in [0.717, 1.165) is 16.5 Å². The first-order valence-corrected chi connectivity index (χ1v) is 5.24. The first kappa shape index (κ1) is 9.83. The number of aromatic nitrogens is 3. The Hall–Kier alpha value is -2.37. The highest BCUT2D eigenvalue weighted by molar-refractivity contribution is 5.90. The van der Waals surface area contributed by atoms with Crippen LogP contribution in [0.1, 0.15) is 17.9 Å². The lowest BCUT2D eigenvalue weighted by Gasteiger charge is -2.17. The van der Waals surface area contributed by atoms with Gasteiger partial charge in [0, 0.05) is 18.0 Å². The van der Waals surface area contributed by atoms with E-state index in [4.69, 9.17) is 0 Å². The summed E-state index contributed by atoms with van der Waals surface area (Å²) in [6, 6.07) is 5.65. The van der Waals surface area contributed by atoms with Crippen molar-refractivity contribution in [3.8, 4) is 0 Å². The standard InChI is InChI=1S/C11H9N5O/c17-11-9(3-4-12-15-11)7-1-2-10-8(5-7)6-13-16-14-10/h1-2,4-6,9H,3H2,(H,15,17). The summed E-state index contributed by atoms with van der Waals surface area (Å²) in [6.07, 6.45) is 3.96. The van der Waals surface area contributed by atoms with Crippen LogP contribution >= 0.6 is 0 Å². The summed E-state index contributed by atoms with van der Waals surface area (Å²) in [5.41, 5.74) is 4.18. The fourth-order valence-electron chi connectivity index (χ4n) is 1.89. The van der Waals surface area contributed by atoms with Crippen molar-refractivity contribution >= 4 is 23.0 Å². The summed E-state index contributed by atoms with van der Waals surface area (Å²) in [5.74, 6) is -0.271. The van der Waals surface area contributed by atoms with Crippen LogP contribution in [-0.4, -0.2) is 27.5 Å². The molecule has 0 radical (unpaired) electrons. The summed E-state index contributed by atoms with van der Waals surface area (Å²) in [5, 5.41) is 15.8. The van der Waals surface area contributed by atoms with Crippen LogP contribution in [0.15, 0.2) is 29.5 Å². The van der Waals surface area contributed by atoms with Gasteiger partial charge in [0.1, 0.15) is 0 Å². The molecule has 0 spiro atoms. The zero-order valence-electron chi connectivity index (χ0n) is 8.87. The predicted octanol–water partition coefficient (Wildman–Crippen LogP) is 0.614. The number of carbonyl (C=O) groups excluding carboxylic acids is 1. The molecule has 1 aliphatic rings. The molecule has 17 heavy (non-hydrogen) atoms. The minimum atomic E-state index is -0.190. The van der Waals surface area contributed by atoms with Crippen LogP contribution in [-0.2, 0) is 4.79 Å². The Morgan fingerprint density at radius 3 is 3.18 bits per heavy atom. The average molecular weight is 227 g/mol.